The minimum Gasteiger partial charge on any atom is -0.340 e. The maximum Gasteiger partial charge on any atom is 0.267 e. The van der Waals surface area contributed by atoms with Crippen LogP contribution in [0.1, 0.15) is 29.7 Å². The second-order valence-corrected chi connectivity index (χ2v) is 6.68. The molecule has 6 heteroatoms. The average Bonchev–Trinajstić information content (AvgIpc) is 2.52. The lowest BCUT2D eigenvalue weighted by molar-refractivity contribution is 0.328. The van der Waals surface area contributed by atoms with Crippen molar-refractivity contribution in [3.63, 3.8) is 0 Å². The van der Waals surface area contributed by atoms with Gasteiger partial charge in [-0.25, -0.2) is 14.6 Å². The number of aryl methyl sites for hydroxylation is 3. The molecule has 0 radical (unpaired) electrons. The summed E-state index contributed by atoms with van der Waals surface area (Å²) in [5.74, 6) is 1.21. The topological polar surface area (TPSA) is 63.9 Å². The first-order valence-electron chi connectivity index (χ1n) is 8.32. The maximum atomic E-state index is 12.2. The van der Waals surface area contributed by atoms with Gasteiger partial charge in [-0.3, -0.25) is 4.79 Å². The first-order chi connectivity index (χ1) is 11.2. The minimum atomic E-state index is 0.0377. The van der Waals surface area contributed by atoms with Crippen LogP contribution in [0, 0.1) is 12.8 Å². The summed E-state index contributed by atoms with van der Waals surface area (Å²) in [6.45, 7) is 4.44. The van der Waals surface area contributed by atoms with Crippen LogP contribution in [-0.2, 0) is 19.4 Å². The van der Waals surface area contributed by atoms with E-state index in [0.29, 0.717) is 12.5 Å². The molecule has 0 amide bonds. The molecule has 0 aromatic carbocycles. The highest BCUT2D eigenvalue weighted by Gasteiger charge is 2.29. The molecule has 1 aliphatic heterocycles. The Kier molecular flexibility index (Phi) is 3.59. The van der Waals surface area contributed by atoms with Gasteiger partial charge in [0, 0.05) is 37.5 Å². The third kappa shape index (κ3) is 2.85. The Bertz CT molecular complexity index is 762. The molecule has 2 aromatic rings. The highest BCUT2D eigenvalue weighted by molar-refractivity contribution is 5.33. The second-order valence-electron chi connectivity index (χ2n) is 6.68. The minimum absolute atomic E-state index is 0.0377. The van der Waals surface area contributed by atoms with Crippen molar-refractivity contribution in [3.8, 4) is 0 Å². The van der Waals surface area contributed by atoms with Crippen LogP contribution in [0.5, 0.6) is 0 Å². The quantitative estimate of drug-likeness (QED) is 0.856. The Morgan fingerprint density at radius 2 is 1.91 bits per heavy atom. The van der Waals surface area contributed by atoms with E-state index < -0.39 is 0 Å². The summed E-state index contributed by atoms with van der Waals surface area (Å²) in [4.78, 5) is 23.1. The van der Waals surface area contributed by atoms with E-state index in [1.807, 2.05) is 19.3 Å². The van der Waals surface area contributed by atoms with E-state index >= 15 is 0 Å². The molecule has 0 spiro atoms. The Labute approximate surface area is 135 Å². The SMILES string of the molecule is Cc1cnc(N2CC(Cn3nc4c(cc3=O)CCCC4)C2)nc1. The average molecular weight is 311 g/mol. The fourth-order valence-electron chi connectivity index (χ4n) is 3.37. The van der Waals surface area contributed by atoms with Crippen molar-refractivity contribution in [1.29, 1.82) is 0 Å². The Morgan fingerprint density at radius 3 is 2.70 bits per heavy atom. The predicted molar refractivity (Wildman–Crippen MR) is 87.6 cm³/mol. The summed E-state index contributed by atoms with van der Waals surface area (Å²) < 4.78 is 1.65. The van der Waals surface area contributed by atoms with Gasteiger partial charge in [0.05, 0.1) is 12.2 Å². The van der Waals surface area contributed by atoms with Crippen molar-refractivity contribution in [2.45, 2.75) is 39.2 Å². The van der Waals surface area contributed by atoms with Crippen molar-refractivity contribution in [2.75, 3.05) is 18.0 Å². The molecule has 0 saturated carbocycles. The molecule has 6 nitrogen and oxygen atoms in total. The standard InChI is InChI=1S/C17H21N5O/c1-12-7-18-17(19-8-12)21-9-13(10-21)11-22-16(23)6-14-4-2-3-5-15(14)20-22/h6-8,13H,2-5,9-11H2,1H3. The predicted octanol–water partition coefficient (Wildman–Crippen LogP) is 1.36. The first kappa shape index (κ1) is 14.4. The van der Waals surface area contributed by atoms with Crippen LogP contribution in [0.2, 0.25) is 0 Å². The maximum absolute atomic E-state index is 12.2. The monoisotopic (exact) mass is 311 g/mol. The molecule has 23 heavy (non-hydrogen) atoms. The van der Waals surface area contributed by atoms with Gasteiger partial charge in [0.2, 0.25) is 5.95 Å². The number of aromatic nitrogens is 4. The third-order valence-corrected chi connectivity index (χ3v) is 4.71. The van der Waals surface area contributed by atoms with E-state index in [0.717, 1.165) is 48.7 Å². The summed E-state index contributed by atoms with van der Waals surface area (Å²) in [5.41, 5.74) is 3.38. The van der Waals surface area contributed by atoms with Gasteiger partial charge in [0.1, 0.15) is 0 Å². The smallest absolute Gasteiger partial charge is 0.267 e. The largest absolute Gasteiger partial charge is 0.340 e. The molecule has 2 aromatic heterocycles. The summed E-state index contributed by atoms with van der Waals surface area (Å²) in [7, 11) is 0. The molecule has 2 aliphatic rings. The van der Waals surface area contributed by atoms with Crippen LogP contribution in [0.15, 0.2) is 23.3 Å². The van der Waals surface area contributed by atoms with E-state index in [1.54, 1.807) is 10.7 Å². The third-order valence-electron chi connectivity index (χ3n) is 4.71. The molecule has 0 unspecified atom stereocenters. The Balaban J connectivity index is 1.42. The summed E-state index contributed by atoms with van der Waals surface area (Å²) in [6.07, 6.45) is 8.03. The molecule has 1 fully saturated rings. The highest BCUT2D eigenvalue weighted by Crippen LogP contribution is 2.22. The summed E-state index contributed by atoms with van der Waals surface area (Å²) in [5, 5.41) is 4.60. The Morgan fingerprint density at radius 1 is 1.17 bits per heavy atom. The van der Waals surface area contributed by atoms with E-state index in [-0.39, 0.29) is 5.56 Å². The lowest BCUT2D eigenvalue weighted by Gasteiger charge is -2.39. The molecule has 4 rings (SSSR count). The van der Waals surface area contributed by atoms with Gasteiger partial charge < -0.3 is 4.90 Å². The van der Waals surface area contributed by atoms with Crippen molar-refractivity contribution >= 4 is 5.95 Å². The van der Waals surface area contributed by atoms with Gasteiger partial charge in [-0.1, -0.05) is 0 Å². The fourth-order valence-corrected chi connectivity index (χ4v) is 3.37. The summed E-state index contributed by atoms with van der Waals surface area (Å²) >= 11 is 0. The van der Waals surface area contributed by atoms with Crippen molar-refractivity contribution in [1.82, 2.24) is 19.7 Å². The molecular weight excluding hydrogens is 290 g/mol. The number of anilines is 1. The molecular formula is C17H21N5O. The zero-order chi connectivity index (χ0) is 15.8. The van der Waals surface area contributed by atoms with E-state index in [1.165, 1.54) is 12.8 Å². The van der Waals surface area contributed by atoms with E-state index in [9.17, 15) is 4.79 Å². The van der Waals surface area contributed by atoms with Crippen LogP contribution in [-0.4, -0.2) is 32.8 Å². The van der Waals surface area contributed by atoms with Gasteiger partial charge in [0.25, 0.3) is 5.56 Å². The van der Waals surface area contributed by atoms with Gasteiger partial charge in [-0.15, -0.1) is 0 Å². The van der Waals surface area contributed by atoms with Crippen LogP contribution < -0.4 is 10.5 Å². The van der Waals surface area contributed by atoms with Crippen LogP contribution in [0.3, 0.4) is 0 Å². The van der Waals surface area contributed by atoms with Gasteiger partial charge in [0.15, 0.2) is 0 Å². The molecule has 1 aliphatic carbocycles. The van der Waals surface area contributed by atoms with Gasteiger partial charge in [-0.2, -0.15) is 5.10 Å². The van der Waals surface area contributed by atoms with Crippen molar-refractivity contribution < 1.29 is 0 Å². The van der Waals surface area contributed by atoms with Crippen LogP contribution in [0.4, 0.5) is 5.95 Å². The number of nitrogens with zero attached hydrogens (tertiary/aromatic N) is 5. The number of rotatable bonds is 3. The van der Waals surface area contributed by atoms with E-state index in [4.69, 9.17) is 0 Å². The lowest BCUT2D eigenvalue weighted by atomic mass is 9.97. The van der Waals surface area contributed by atoms with Crippen molar-refractivity contribution in [3.05, 3.63) is 45.6 Å². The fraction of sp³-hybridized carbons (Fsp3) is 0.529. The van der Waals surface area contributed by atoms with Gasteiger partial charge in [-0.05, 0) is 43.7 Å². The first-order valence-corrected chi connectivity index (χ1v) is 8.32. The molecule has 0 atom stereocenters. The van der Waals surface area contributed by atoms with Gasteiger partial charge >= 0.3 is 0 Å². The number of fused-ring (bicyclic) bond motifs is 1. The molecule has 0 bridgehead atoms. The number of hydrogen-bond acceptors (Lipinski definition) is 5. The zero-order valence-corrected chi connectivity index (χ0v) is 13.4. The molecule has 1 saturated heterocycles. The lowest BCUT2D eigenvalue weighted by Crippen LogP contribution is -2.50. The van der Waals surface area contributed by atoms with Crippen LogP contribution >= 0.6 is 0 Å². The Hall–Kier alpha value is -2.24. The van der Waals surface area contributed by atoms with Crippen molar-refractivity contribution in [2.24, 2.45) is 5.92 Å². The molecule has 120 valence electrons. The zero-order valence-electron chi connectivity index (χ0n) is 13.4. The highest BCUT2D eigenvalue weighted by atomic mass is 16.1. The van der Waals surface area contributed by atoms with E-state index in [2.05, 4.69) is 20.0 Å². The van der Waals surface area contributed by atoms with Crippen LogP contribution in [0.25, 0.3) is 0 Å². The summed E-state index contributed by atoms with van der Waals surface area (Å²) in [6, 6.07) is 1.79. The normalized spacial score (nSPS) is 17.7. The second kappa shape index (κ2) is 5.76. The molecule has 0 N–H and O–H groups in total. The molecule has 3 heterocycles. The number of hydrogen-bond donors (Lipinski definition) is 0.